The first-order valence-electron chi connectivity index (χ1n) is 7.80. The Morgan fingerprint density at radius 3 is 2.45 bits per heavy atom. The molecule has 1 atom stereocenters. The van der Waals surface area contributed by atoms with Crippen molar-refractivity contribution in [3.63, 3.8) is 0 Å². The minimum Gasteiger partial charge on any atom is -0.370 e. The van der Waals surface area contributed by atoms with E-state index >= 15 is 0 Å². The van der Waals surface area contributed by atoms with Crippen molar-refractivity contribution in [1.82, 2.24) is 0 Å². The van der Waals surface area contributed by atoms with Gasteiger partial charge in [-0.05, 0) is 56.2 Å². The molecule has 0 heterocycles. The number of nitrogens with two attached hydrogens (primary N) is 1. The quantitative estimate of drug-likeness (QED) is 0.867. The third-order valence-electron chi connectivity index (χ3n) is 4.82. The van der Waals surface area contributed by atoms with Crippen LogP contribution in [0.25, 0.3) is 0 Å². The zero-order valence-electron chi connectivity index (χ0n) is 12.9. The summed E-state index contributed by atoms with van der Waals surface area (Å²) in [6, 6.07) is 6.88. The summed E-state index contributed by atoms with van der Waals surface area (Å²) in [5.74, 6) is 0.926. The lowest BCUT2D eigenvalue weighted by Crippen LogP contribution is -2.35. The maximum absolute atomic E-state index is 6.45. The van der Waals surface area contributed by atoms with Crippen LogP contribution < -0.4 is 10.6 Å². The molecule has 1 fully saturated rings. The molecular weight excluding hydrogens is 268 g/mol. The third kappa shape index (κ3) is 3.48. The summed E-state index contributed by atoms with van der Waals surface area (Å²) in [7, 11) is 2.17. The summed E-state index contributed by atoms with van der Waals surface area (Å²) in [6.07, 6.45) is 6.57. The van der Waals surface area contributed by atoms with Crippen LogP contribution in [0.3, 0.4) is 0 Å². The molecular formula is C17H27ClN2. The number of rotatable bonds is 4. The molecule has 0 radical (unpaired) electrons. The van der Waals surface area contributed by atoms with Gasteiger partial charge in [0.1, 0.15) is 0 Å². The van der Waals surface area contributed by atoms with Crippen LogP contribution >= 0.6 is 11.6 Å². The molecule has 1 unspecified atom stereocenters. The van der Waals surface area contributed by atoms with Gasteiger partial charge in [0.05, 0.1) is 10.7 Å². The summed E-state index contributed by atoms with van der Waals surface area (Å²) in [4.78, 5) is 2.36. The summed E-state index contributed by atoms with van der Waals surface area (Å²) >= 11 is 6.45. The molecule has 0 aliphatic heterocycles. The fourth-order valence-corrected chi connectivity index (χ4v) is 3.55. The van der Waals surface area contributed by atoms with Gasteiger partial charge in [-0.25, -0.2) is 0 Å². The standard InChI is InChI=1S/C17H27ClN2/c1-4-13-5-8-15(9-6-13)20(3)17-10-7-14(12(2)19)11-16(17)18/h7,10-13,15H,4-6,8-9,19H2,1-3H3. The van der Waals surface area contributed by atoms with E-state index in [1.54, 1.807) is 0 Å². The second-order valence-corrected chi connectivity index (χ2v) is 6.60. The van der Waals surface area contributed by atoms with Crippen molar-refractivity contribution < 1.29 is 0 Å². The molecule has 0 saturated heterocycles. The highest BCUT2D eigenvalue weighted by Gasteiger charge is 2.24. The molecule has 2 rings (SSSR count). The SMILES string of the molecule is CCC1CCC(N(C)c2ccc(C(C)N)cc2Cl)CC1. The van der Waals surface area contributed by atoms with Gasteiger partial charge in [-0.3, -0.25) is 0 Å². The fourth-order valence-electron chi connectivity index (χ4n) is 3.23. The monoisotopic (exact) mass is 294 g/mol. The zero-order chi connectivity index (χ0) is 14.7. The van der Waals surface area contributed by atoms with Gasteiger partial charge < -0.3 is 10.6 Å². The van der Waals surface area contributed by atoms with E-state index < -0.39 is 0 Å². The number of halogens is 1. The van der Waals surface area contributed by atoms with Crippen LogP contribution in [-0.2, 0) is 0 Å². The first kappa shape index (κ1) is 15.7. The van der Waals surface area contributed by atoms with E-state index in [4.69, 9.17) is 17.3 Å². The number of benzene rings is 1. The Bertz CT molecular complexity index is 437. The van der Waals surface area contributed by atoms with Crippen molar-refractivity contribution in [3.8, 4) is 0 Å². The molecule has 1 aromatic carbocycles. The van der Waals surface area contributed by atoms with E-state index in [1.165, 1.54) is 32.1 Å². The Balaban J connectivity index is 2.07. The highest BCUT2D eigenvalue weighted by Crippen LogP contribution is 2.34. The average molecular weight is 295 g/mol. The predicted molar refractivity (Wildman–Crippen MR) is 88.5 cm³/mol. The molecule has 0 amide bonds. The van der Waals surface area contributed by atoms with Crippen LogP contribution in [0.1, 0.15) is 57.6 Å². The van der Waals surface area contributed by atoms with Gasteiger partial charge in [0.25, 0.3) is 0 Å². The van der Waals surface area contributed by atoms with Crippen LogP contribution in [0.4, 0.5) is 5.69 Å². The van der Waals surface area contributed by atoms with Crippen molar-refractivity contribution in [2.24, 2.45) is 11.7 Å². The number of hydrogen-bond acceptors (Lipinski definition) is 2. The highest BCUT2D eigenvalue weighted by molar-refractivity contribution is 6.33. The maximum atomic E-state index is 6.45. The lowest BCUT2D eigenvalue weighted by atomic mass is 9.84. The average Bonchev–Trinajstić information content (AvgIpc) is 2.46. The molecule has 1 aromatic rings. The highest BCUT2D eigenvalue weighted by atomic mass is 35.5. The lowest BCUT2D eigenvalue weighted by molar-refractivity contribution is 0.313. The van der Waals surface area contributed by atoms with Crippen molar-refractivity contribution >= 4 is 17.3 Å². The Hall–Kier alpha value is -0.730. The molecule has 0 aromatic heterocycles. The largest absolute Gasteiger partial charge is 0.370 e. The molecule has 1 saturated carbocycles. The van der Waals surface area contributed by atoms with Crippen molar-refractivity contribution in [3.05, 3.63) is 28.8 Å². The zero-order valence-corrected chi connectivity index (χ0v) is 13.7. The molecule has 0 bridgehead atoms. The van der Waals surface area contributed by atoms with Crippen LogP contribution in [0, 0.1) is 5.92 Å². The third-order valence-corrected chi connectivity index (χ3v) is 5.12. The topological polar surface area (TPSA) is 29.3 Å². The summed E-state index contributed by atoms with van der Waals surface area (Å²) in [6.45, 7) is 4.29. The molecule has 0 spiro atoms. The molecule has 1 aliphatic carbocycles. The number of nitrogens with zero attached hydrogens (tertiary/aromatic N) is 1. The molecule has 2 nitrogen and oxygen atoms in total. The summed E-state index contributed by atoms with van der Waals surface area (Å²) < 4.78 is 0. The first-order chi connectivity index (χ1) is 9.52. The molecule has 2 N–H and O–H groups in total. The lowest BCUT2D eigenvalue weighted by Gasteiger charge is -2.36. The van der Waals surface area contributed by atoms with Gasteiger partial charge in [0.2, 0.25) is 0 Å². The van der Waals surface area contributed by atoms with E-state index in [0.717, 1.165) is 22.2 Å². The molecule has 112 valence electrons. The Morgan fingerprint density at radius 1 is 1.30 bits per heavy atom. The van der Waals surface area contributed by atoms with E-state index in [1.807, 2.05) is 13.0 Å². The number of anilines is 1. The summed E-state index contributed by atoms with van der Waals surface area (Å²) in [5, 5.41) is 0.819. The second kappa shape index (κ2) is 6.82. The van der Waals surface area contributed by atoms with E-state index in [9.17, 15) is 0 Å². The molecule has 20 heavy (non-hydrogen) atoms. The predicted octanol–water partition coefficient (Wildman–Crippen LogP) is 4.76. The summed E-state index contributed by atoms with van der Waals surface area (Å²) in [5.41, 5.74) is 8.14. The minimum absolute atomic E-state index is 0.0341. The molecule has 1 aliphatic rings. The van der Waals surface area contributed by atoms with Crippen LogP contribution in [0.5, 0.6) is 0 Å². The smallest absolute Gasteiger partial charge is 0.0642 e. The van der Waals surface area contributed by atoms with Crippen LogP contribution in [0.15, 0.2) is 18.2 Å². The normalized spacial score (nSPS) is 24.4. The van der Waals surface area contributed by atoms with Gasteiger partial charge >= 0.3 is 0 Å². The van der Waals surface area contributed by atoms with Crippen molar-refractivity contribution in [2.45, 2.75) is 58.0 Å². The van der Waals surface area contributed by atoms with Crippen molar-refractivity contribution in [1.29, 1.82) is 0 Å². The Morgan fingerprint density at radius 2 is 1.95 bits per heavy atom. The van der Waals surface area contributed by atoms with Gasteiger partial charge in [-0.15, -0.1) is 0 Å². The van der Waals surface area contributed by atoms with Gasteiger partial charge in [0.15, 0.2) is 0 Å². The van der Waals surface area contributed by atoms with E-state index in [2.05, 4.69) is 31.0 Å². The van der Waals surface area contributed by atoms with Gasteiger partial charge in [-0.1, -0.05) is 31.0 Å². The Labute approximate surface area is 128 Å². The van der Waals surface area contributed by atoms with Crippen LogP contribution in [-0.4, -0.2) is 13.1 Å². The second-order valence-electron chi connectivity index (χ2n) is 6.19. The van der Waals surface area contributed by atoms with Crippen molar-refractivity contribution in [2.75, 3.05) is 11.9 Å². The minimum atomic E-state index is 0.0341. The Kier molecular flexibility index (Phi) is 5.34. The van der Waals surface area contributed by atoms with Gasteiger partial charge in [-0.2, -0.15) is 0 Å². The molecule has 3 heteroatoms. The fraction of sp³-hybridized carbons (Fsp3) is 0.647. The van der Waals surface area contributed by atoms with Gasteiger partial charge in [0, 0.05) is 19.1 Å². The number of hydrogen-bond donors (Lipinski definition) is 1. The maximum Gasteiger partial charge on any atom is 0.0642 e. The van der Waals surface area contributed by atoms with Crippen LogP contribution in [0.2, 0.25) is 5.02 Å². The first-order valence-corrected chi connectivity index (χ1v) is 8.18. The van der Waals surface area contributed by atoms with E-state index in [-0.39, 0.29) is 6.04 Å². The van der Waals surface area contributed by atoms with E-state index in [0.29, 0.717) is 6.04 Å².